The van der Waals surface area contributed by atoms with Gasteiger partial charge in [0, 0.05) is 24.2 Å². The van der Waals surface area contributed by atoms with E-state index in [1.165, 1.54) is 0 Å². The van der Waals surface area contributed by atoms with E-state index in [2.05, 4.69) is 36.4 Å². The van der Waals surface area contributed by atoms with Crippen molar-refractivity contribution in [1.29, 1.82) is 0 Å². The second-order valence-corrected chi connectivity index (χ2v) is 10.1. The standard InChI is InChI=1S/C25H25N5O3S/c1-4-22-26-24-16(2)13-17(3)29(25(24)27-22)14-18-9-11-19(12-10-18)20-7-5-6-8-21(20)30-15-23(31)28-34(30,32)33/h5-13H,4,14-15H2,1-3H3,(H,28,31). The number of carbonyl (C=O) groups excluding carboxylic acids is 1. The molecule has 0 spiro atoms. The highest BCUT2D eigenvalue weighted by atomic mass is 32.2. The molecule has 1 saturated heterocycles. The first-order valence-corrected chi connectivity index (χ1v) is 12.6. The number of carbonyl (C=O) groups is 1. The Labute approximate surface area is 198 Å². The van der Waals surface area contributed by atoms with Gasteiger partial charge in [0.15, 0.2) is 5.82 Å². The average molecular weight is 476 g/mol. The maximum Gasteiger partial charge on any atom is 0.326 e. The lowest BCUT2D eigenvalue weighted by Gasteiger charge is -2.19. The summed E-state index contributed by atoms with van der Waals surface area (Å²) in [5, 5.41) is 0. The Kier molecular flexibility index (Phi) is 5.36. The molecule has 0 bridgehead atoms. The lowest BCUT2D eigenvalue weighted by atomic mass is 10.0. The number of aryl methyl sites for hydroxylation is 3. The van der Waals surface area contributed by atoms with Crippen molar-refractivity contribution in [3.05, 3.63) is 77.2 Å². The highest BCUT2D eigenvalue weighted by Gasteiger charge is 2.35. The Balaban J connectivity index is 1.48. The summed E-state index contributed by atoms with van der Waals surface area (Å²) in [5.74, 6) is 1.19. The number of nitrogens with zero attached hydrogens (tertiary/aromatic N) is 4. The van der Waals surface area contributed by atoms with Crippen LogP contribution >= 0.6 is 0 Å². The van der Waals surface area contributed by atoms with Crippen molar-refractivity contribution in [1.82, 2.24) is 19.3 Å². The van der Waals surface area contributed by atoms with Crippen LogP contribution in [0, 0.1) is 13.8 Å². The fourth-order valence-electron chi connectivity index (χ4n) is 4.39. The highest BCUT2D eigenvalue weighted by molar-refractivity contribution is 7.92. The fourth-order valence-corrected chi connectivity index (χ4v) is 5.55. The normalized spacial score (nSPS) is 15.1. The summed E-state index contributed by atoms with van der Waals surface area (Å²) < 4.78 is 30.1. The second-order valence-electron chi connectivity index (χ2n) is 8.47. The number of amides is 1. The predicted octanol–water partition coefficient (Wildman–Crippen LogP) is 3.46. The number of para-hydroxylation sites is 1. The maximum absolute atomic E-state index is 12.4. The Morgan fingerprint density at radius 2 is 1.76 bits per heavy atom. The van der Waals surface area contributed by atoms with Gasteiger partial charge >= 0.3 is 10.2 Å². The van der Waals surface area contributed by atoms with Gasteiger partial charge in [0.2, 0.25) is 0 Å². The summed E-state index contributed by atoms with van der Waals surface area (Å²) in [6, 6.07) is 17.3. The van der Waals surface area contributed by atoms with Gasteiger partial charge < -0.3 is 4.57 Å². The largest absolute Gasteiger partial charge is 0.326 e. The molecule has 0 aromatic heterocycles. The SMILES string of the molecule is CCc1nc2c(C)cc(C)n(Cc3ccc(-c4ccccc4N4CC(=O)NS4(=O)=O)cc3)c-2n1. The van der Waals surface area contributed by atoms with E-state index in [1.54, 1.807) is 12.1 Å². The Morgan fingerprint density at radius 1 is 1.03 bits per heavy atom. The Morgan fingerprint density at radius 3 is 2.44 bits per heavy atom. The lowest BCUT2D eigenvalue weighted by molar-refractivity contribution is -0.117. The van der Waals surface area contributed by atoms with Crippen LogP contribution in [0.15, 0.2) is 54.6 Å². The van der Waals surface area contributed by atoms with Crippen LogP contribution in [-0.2, 0) is 28.0 Å². The van der Waals surface area contributed by atoms with Gasteiger partial charge in [-0.1, -0.05) is 49.4 Å². The number of nitrogens with one attached hydrogen (secondary N) is 1. The van der Waals surface area contributed by atoms with Gasteiger partial charge in [0.1, 0.15) is 18.1 Å². The first-order valence-electron chi connectivity index (χ1n) is 11.1. The molecular weight excluding hydrogens is 450 g/mol. The third-order valence-electron chi connectivity index (χ3n) is 6.08. The van der Waals surface area contributed by atoms with E-state index in [0.29, 0.717) is 12.2 Å². The monoisotopic (exact) mass is 475 g/mol. The number of hydrogen-bond acceptors (Lipinski definition) is 5. The maximum atomic E-state index is 12.4. The van der Waals surface area contributed by atoms with E-state index in [1.807, 2.05) is 41.1 Å². The molecule has 0 unspecified atom stereocenters. The second kappa shape index (κ2) is 8.25. The summed E-state index contributed by atoms with van der Waals surface area (Å²) in [6.45, 7) is 6.60. The molecule has 1 N–H and O–H groups in total. The molecule has 9 heteroatoms. The molecule has 1 amide bonds. The van der Waals surface area contributed by atoms with Crippen molar-refractivity contribution in [2.75, 3.05) is 10.8 Å². The molecule has 3 aliphatic rings. The van der Waals surface area contributed by atoms with E-state index in [-0.39, 0.29) is 6.54 Å². The molecule has 0 saturated carbocycles. The minimum Gasteiger partial charge on any atom is -0.324 e. The first-order chi connectivity index (χ1) is 16.3. The molecule has 34 heavy (non-hydrogen) atoms. The molecule has 174 valence electrons. The first kappa shape index (κ1) is 22.1. The molecule has 0 radical (unpaired) electrons. The Bertz CT molecular complexity index is 1480. The number of pyridine rings is 1. The zero-order valence-corrected chi connectivity index (χ0v) is 20.1. The minimum atomic E-state index is -3.88. The molecule has 8 nitrogen and oxygen atoms in total. The van der Waals surface area contributed by atoms with Gasteiger partial charge in [-0.3, -0.25) is 4.79 Å². The summed E-state index contributed by atoms with van der Waals surface area (Å²) in [4.78, 5) is 21.2. The van der Waals surface area contributed by atoms with Crippen molar-refractivity contribution >= 4 is 21.8 Å². The van der Waals surface area contributed by atoms with Gasteiger partial charge in [0.05, 0.1) is 5.69 Å². The van der Waals surface area contributed by atoms with Crippen LogP contribution in [0.2, 0.25) is 0 Å². The van der Waals surface area contributed by atoms with E-state index in [9.17, 15) is 13.2 Å². The van der Waals surface area contributed by atoms with Crippen LogP contribution < -0.4 is 9.03 Å². The van der Waals surface area contributed by atoms with Crippen LogP contribution in [-0.4, -0.2) is 35.4 Å². The summed E-state index contributed by atoms with van der Waals surface area (Å²) in [5.41, 5.74) is 6.33. The minimum absolute atomic E-state index is 0.225. The molecule has 3 aliphatic heterocycles. The summed E-state index contributed by atoms with van der Waals surface area (Å²) in [6.07, 6.45) is 0.787. The topological polar surface area (TPSA) is 97.2 Å². The molecule has 2 aromatic carbocycles. The number of anilines is 1. The Hall–Kier alpha value is -3.72. The lowest BCUT2D eigenvalue weighted by Crippen LogP contribution is -2.29. The van der Waals surface area contributed by atoms with Gasteiger partial charge in [-0.2, -0.15) is 8.42 Å². The number of benzene rings is 2. The third kappa shape index (κ3) is 3.81. The van der Waals surface area contributed by atoms with Gasteiger partial charge in [0.25, 0.3) is 5.91 Å². The van der Waals surface area contributed by atoms with Crippen LogP contribution in [0.25, 0.3) is 22.6 Å². The van der Waals surface area contributed by atoms with Gasteiger partial charge in [-0.15, -0.1) is 0 Å². The number of imidazole rings is 1. The molecule has 2 aromatic rings. The molecule has 3 heterocycles. The summed E-state index contributed by atoms with van der Waals surface area (Å²) >= 11 is 0. The molecule has 1 fully saturated rings. The fraction of sp³-hybridized carbons (Fsp3) is 0.240. The molecule has 0 aliphatic carbocycles. The number of rotatable bonds is 5. The smallest absolute Gasteiger partial charge is 0.324 e. The van der Waals surface area contributed by atoms with Crippen molar-refractivity contribution in [2.24, 2.45) is 0 Å². The zero-order chi connectivity index (χ0) is 24.0. The highest BCUT2D eigenvalue weighted by Crippen LogP contribution is 2.33. The van der Waals surface area contributed by atoms with Crippen LogP contribution in [0.4, 0.5) is 5.69 Å². The van der Waals surface area contributed by atoms with Crippen molar-refractivity contribution in [2.45, 2.75) is 33.7 Å². The van der Waals surface area contributed by atoms with Gasteiger partial charge in [-0.05, 0) is 42.7 Å². The van der Waals surface area contributed by atoms with Crippen LogP contribution in [0.5, 0.6) is 0 Å². The van der Waals surface area contributed by atoms with E-state index >= 15 is 0 Å². The van der Waals surface area contributed by atoms with E-state index in [4.69, 9.17) is 4.98 Å². The zero-order valence-electron chi connectivity index (χ0n) is 19.2. The molecule has 0 atom stereocenters. The molecular formula is C25H25N5O3S. The number of aromatic nitrogens is 3. The van der Waals surface area contributed by atoms with Gasteiger partial charge in [-0.25, -0.2) is 19.0 Å². The number of fused-ring (bicyclic) bond motifs is 1. The summed E-state index contributed by atoms with van der Waals surface area (Å²) in [7, 11) is -3.88. The van der Waals surface area contributed by atoms with Crippen LogP contribution in [0.1, 0.15) is 29.6 Å². The van der Waals surface area contributed by atoms with Crippen LogP contribution in [0.3, 0.4) is 0 Å². The van der Waals surface area contributed by atoms with E-state index < -0.39 is 16.1 Å². The van der Waals surface area contributed by atoms with Crippen molar-refractivity contribution in [3.63, 3.8) is 0 Å². The predicted molar refractivity (Wildman–Crippen MR) is 131 cm³/mol. The quantitative estimate of drug-likeness (QED) is 0.477. The molecule has 5 rings (SSSR count). The van der Waals surface area contributed by atoms with E-state index in [0.717, 1.165) is 56.0 Å². The van der Waals surface area contributed by atoms with Crippen molar-refractivity contribution < 1.29 is 13.2 Å². The number of hydrogen-bond donors (Lipinski definition) is 1. The van der Waals surface area contributed by atoms with Crippen molar-refractivity contribution in [3.8, 4) is 22.6 Å². The average Bonchev–Trinajstić information content (AvgIpc) is 3.37. The third-order valence-corrected chi connectivity index (χ3v) is 7.47.